The Morgan fingerprint density at radius 2 is 1.89 bits per heavy atom. The highest BCUT2D eigenvalue weighted by Crippen LogP contribution is 2.65. The highest BCUT2D eigenvalue weighted by atomic mass is 16.6. The molecule has 146 valence electrons. The molecule has 0 heterocycles. The molecule has 6 nitrogen and oxygen atoms in total. The molecule has 0 aliphatic heterocycles. The van der Waals surface area contributed by atoms with E-state index in [1.807, 2.05) is 0 Å². The second kappa shape index (κ2) is 7.33. The van der Waals surface area contributed by atoms with E-state index in [-0.39, 0.29) is 36.0 Å². The molecule has 0 saturated heterocycles. The van der Waals surface area contributed by atoms with Crippen LogP contribution in [0.1, 0.15) is 50.4 Å². The molecule has 2 aliphatic carbocycles. The number of carbonyl (C=O) groups excluding carboxylic acids is 3. The van der Waals surface area contributed by atoms with E-state index in [0.717, 1.165) is 19.1 Å². The van der Waals surface area contributed by atoms with E-state index in [9.17, 15) is 14.4 Å². The van der Waals surface area contributed by atoms with E-state index in [1.54, 1.807) is 24.3 Å². The van der Waals surface area contributed by atoms with Crippen LogP contribution in [0.2, 0.25) is 0 Å². The molecule has 1 aromatic rings. The zero-order chi connectivity index (χ0) is 19.7. The summed E-state index contributed by atoms with van der Waals surface area (Å²) < 4.78 is 10.3. The van der Waals surface area contributed by atoms with Gasteiger partial charge in [0.25, 0.3) is 5.91 Å². The lowest BCUT2D eigenvalue weighted by Crippen LogP contribution is -2.48. The Balaban J connectivity index is 1.41. The predicted octanol–water partition coefficient (Wildman–Crippen LogP) is 2.75. The van der Waals surface area contributed by atoms with Crippen molar-refractivity contribution in [3.05, 3.63) is 29.8 Å². The highest BCUT2D eigenvalue weighted by Gasteiger charge is 2.61. The third kappa shape index (κ3) is 3.70. The summed E-state index contributed by atoms with van der Waals surface area (Å²) in [6, 6.07) is 6.52. The first kappa shape index (κ1) is 19.4. The van der Waals surface area contributed by atoms with Gasteiger partial charge >= 0.3 is 5.97 Å². The quantitative estimate of drug-likeness (QED) is 0.587. The van der Waals surface area contributed by atoms with Crippen molar-refractivity contribution in [2.45, 2.75) is 46.1 Å². The summed E-state index contributed by atoms with van der Waals surface area (Å²) in [6.07, 6.45) is 4.06. The number of hydrogen-bond donors (Lipinski definition) is 1. The molecule has 1 N–H and O–H groups in total. The third-order valence-electron chi connectivity index (χ3n) is 6.87. The summed E-state index contributed by atoms with van der Waals surface area (Å²) in [4.78, 5) is 34.6. The van der Waals surface area contributed by atoms with Crippen LogP contribution in [-0.2, 0) is 14.3 Å². The number of nitrogens with one attached hydrogen (secondary N) is 1. The summed E-state index contributed by atoms with van der Waals surface area (Å²) in [5.74, 6) is 0.214. The van der Waals surface area contributed by atoms with Crippen molar-refractivity contribution in [2.24, 2.45) is 16.7 Å². The predicted molar refractivity (Wildman–Crippen MR) is 99.4 cm³/mol. The molecule has 1 amide bonds. The van der Waals surface area contributed by atoms with Gasteiger partial charge in [-0.2, -0.15) is 0 Å². The Morgan fingerprint density at radius 3 is 2.44 bits per heavy atom. The zero-order valence-electron chi connectivity index (χ0n) is 16.1. The van der Waals surface area contributed by atoms with Gasteiger partial charge in [0.05, 0.1) is 0 Å². The molecule has 0 spiro atoms. The van der Waals surface area contributed by atoms with Crippen LogP contribution < -0.4 is 10.1 Å². The maximum absolute atomic E-state index is 12.2. The van der Waals surface area contributed by atoms with Gasteiger partial charge in [-0.25, -0.2) is 4.79 Å². The lowest BCUT2D eigenvalue weighted by molar-refractivity contribution is -0.150. The number of aldehydes is 1. The Morgan fingerprint density at radius 1 is 1.19 bits per heavy atom. The summed E-state index contributed by atoms with van der Waals surface area (Å²) >= 11 is 0. The summed E-state index contributed by atoms with van der Waals surface area (Å²) in [7, 11) is 0. The molecule has 2 saturated carbocycles. The van der Waals surface area contributed by atoms with Gasteiger partial charge in [-0.15, -0.1) is 0 Å². The average molecular weight is 373 g/mol. The average Bonchev–Trinajstić information content (AvgIpc) is 2.98. The zero-order valence-corrected chi connectivity index (χ0v) is 16.1. The second-order valence-electron chi connectivity index (χ2n) is 8.37. The number of rotatable bonds is 7. The maximum Gasteiger partial charge on any atom is 0.344 e. The largest absolute Gasteiger partial charge is 0.482 e. The molecule has 0 radical (unpaired) electrons. The SMILES string of the molecule is CC1(C)C2CCC1(C)C(NC(=O)COC(=O)COc1ccc(C=O)cc1)C2. The first-order valence-electron chi connectivity index (χ1n) is 9.39. The van der Waals surface area contributed by atoms with E-state index in [4.69, 9.17) is 9.47 Å². The number of fused-ring (bicyclic) bond motifs is 2. The fraction of sp³-hybridized carbons (Fsp3) is 0.571. The summed E-state index contributed by atoms with van der Waals surface area (Å²) in [5, 5.41) is 3.06. The van der Waals surface area contributed by atoms with Crippen LogP contribution in [0, 0.1) is 16.7 Å². The molecule has 2 bridgehead atoms. The van der Waals surface area contributed by atoms with Crippen LogP contribution in [0.3, 0.4) is 0 Å². The van der Waals surface area contributed by atoms with E-state index in [1.165, 1.54) is 6.42 Å². The molecule has 3 atom stereocenters. The molecular formula is C21H27NO5. The van der Waals surface area contributed by atoms with Crippen molar-refractivity contribution in [1.29, 1.82) is 0 Å². The lowest BCUT2D eigenvalue weighted by atomic mass is 9.69. The molecular weight excluding hydrogens is 346 g/mol. The van der Waals surface area contributed by atoms with Crippen molar-refractivity contribution < 1.29 is 23.9 Å². The minimum atomic E-state index is -0.607. The van der Waals surface area contributed by atoms with Gasteiger partial charge in [-0.3, -0.25) is 9.59 Å². The molecule has 27 heavy (non-hydrogen) atoms. The van der Waals surface area contributed by atoms with Crippen LogP contribution in [0.4, 0.5) is 0 Å². The first-order chi connectivity index (χ1) is 12.8. The minimum Gasteiger partial charge on any atom is -0.482 e. The second-order valence-corrected chi connectivity index (χ2v) is 8.37. The van der Waals surface area contributed by atoms with E-state index in [0.29, 0.717) is 17.2 Å². The highest BCUT2D eigenvalue weighted by molar-refractivity contribution is 5.81. The Bertz CT molecular complexity index is 727. The van der Waals surface area contributed by atoms with E-state index < -0.39 is 5.97 Å². The number of hydrogen-bond acceptors (Lipinski definition) is 5. The van der Waals surface area contributed by atoms with E-state index >= 15 is 0 Å². The van der Waals surface area contributed by atoms with Gasteiger partial charge in [-0.05, 0) is 60.3 Å². The maximum atomic E-state index is 12.2. The van der Waals surface area contributed by atoms with Crippen molar-refractivity contribution in [2.75, 3.05) is 13.2 Å². The normalized spacial score (nSPS) is 27.8. The monoisotopic (exact) mass is 373 g/mol. The minimum absolute atomic E-state index is 0.0914. The molecule has 2 fully saturated rings. The molecule has 2 aliphatic rings. The Hall–Kier alpha value is -2.37. The van der Waals surface area contributed by atoms with Crippen LogP contribution in [0.15, 0.2) is 24.3 Å². The van der Waals surface area contributed by atoms with Crippen LogP contribution >= 0.6 is 0 Å². The van der Waals surface area contributed by atoms with Crippen LogP contribution in [0.25, 0.3) is 0 Å². The number of benzene rings is 1. The van der Waals surface area contributed by atoms with Gasteiger partial charge in [0.2, 0.25) is 0 Å². The van der Waals surface area contributed by atoms with Crippen molar-refractivity contribution in [3.63, 3.8) is 0 Å². The summed E-state index contributed by atoms with van der Waals surface area (Å²) in [5.41, 5.74) is 0.835. The van der Waals surface area contributed by atoms with Gasteiger partial charge in [0, 0.05) is 11.6 Å². The molecule has 3 rings (SSSR count). The van der Waals surface area contributed by atoms with Crippen molar-refractivity contribution in [1.82, 2.24) is 5.32 Å². The van der Waals surface area contributed by atoms with Crippen molar-refractivity contribution >= 4 is 18.2 Å². The molecule has 3 unspecified atom stereocenters. The molecule has 0 aromatic heterocycles. The summed E-state index contributed by atoms with van der Waals surface area (Å²) in [6.45, 7) is 6.24. The number of esters is 1. The Kier molecular flexibility index (Phi) is 5.27. The van der Waals surface area contributed by atoms with Gasteiger partial charge in [0.15, 0.2) is 13.2 Å². The Labute approximate surface area is 159 Å². The molecule has 6 heteroatoms. The number of carbonyl (C=O) groups is 3. The molecule has 1 aromatic carbocycles. The standard InChI is InChI=1S/C21H27NO5/c1-20(2)15-8-9-21(20,3)17(10-15)22-18(24)12-27-19(25)13-26-16-6-4-14(11-23)5-7-16/h4-7,11,15,17H,8-10,12-13H2,1-3H3,(H,22,24). The lowest BCUT2D eigenvalue weighted by Gasteiger charge is -2.39. The van der Waals surface area contributed by atoms with E-state index in [2.05, 4.69) is 26.1 Å². The number of ether oxygens (including phenoxy) is 2. The third-order valence-corrected chi connectivity index (χ3v) is 6.87. The van der Waals surface area contributed by atoms with Crippen molar-refractivity contribution in [3.8, 4) is 5.75 Å². The number of amides is 1. The van der Waals surface area contributed by atoms with Crippen LogP contribution in [-0.4, -0.2) is 37.4 Å². The van der Waals surface area contributed by atoms with Crippen LogP contribution in [0.5, 0.6) is 5.75 Å². The first-order valence-corrected chi connectivity index (χ1v) is 9.39. The fourth-order valence-corrected chi connectivity index (χ4v) is 4.63. The van der Waals surface area contributed by atoms with Gasteiger partial charge in [0.1, 0.15) is 12.0 Å². The smallest absolute Gasteiger partial charge is 0.344 e. The van der Waals surface area contributed by atoms with Gasteiger partial charge < -0.3 is 14.8 Å². The topological polar surface area (TPSA) is 81.7 Å². The van der Waals surface area contributed by atoms with Gasteiger partial charge in [-0.1, -0.05) is 20.8 Å². The fourth-order valence-electron chi connectivity index (χ4n) is 4.63.